The third-order valence-electron chi connectivity index (χ3n) is 5.37. The summed E-state index contributed by atoms with van der Waals surface area (Å²) in [7, 11) is 2.03. The van der Waals surface area contributed by atoms with Crippen molar-refractivity contribution in [2.75, 3.05) is 38.1 Å². The molecule has 0 aliphatic carbocycles. The Balaban J connectivity index is 1.54. The van der Waals surface area contributed by atoms with Crippen molar-refractivity contribution in [3.63, 3.8) is 0 Å². The highest BCUT2D eigenvalue weighted by Gasteiger charge is 2.22. The van der Waals surface area contributed by atoms with Crippen LogP contribution < -0.4 is 10.2 Å². The first-order chi connectivity index (χ1) is 13.3. The molecule has 27 heavy (non-hydrogen) atoms. The lowest BCUT2D eigenvalue weighted by molar-refractivity contribution is 0.238. The summed E-state index contributed by atoms with van der Waals surface area (Å²) in [5.41, 5.74) is 3.86. The molecule has 0 aromatic heterocycles. The Kier molecular flexibility index (Phi) is 7.27. The first-order valence-electron chi connectivity index (χ1n) is 9.94. The van der Waals surface area contributed by atoms with Crippen molar-refractivity contribution in [2.45, 2.75) is 31.8 Å². The molecule has 1 atom stereocenters. The number of hydrogen-bond acceptors (Lipinski definition) is 4. The molecule has 2 aromatic carbocycles. The fourth-order valence-corrected chi connectivity index (χ4v) is 3.75. The van der Waals surface area contributed by atoms with Gasteiger partial charge >= 0.3 is 0 Å². The van der Waals surface area contributed by atoms with Crippen molar-refractivity contribution in [2.24, 2.45) is 0 Å². The second kappa shape index (κ2) is 10.1. The van der Waals surface area contributed by atoms with Crippen LogP contribution in [-0.4, -0.2) is 38.1 Å². The van der Waals surface area contributed by atoms with Crippen LogP contribution in [-0.2, 0) is 6.54 Å². The van der Waals surface area contributed by atoms with E-state index in [0.717, 1.165) is 25.3 Å². The maximum atomic E-state index is 8.72. The van der Waals surface area contributed by atoms with E-state index in [1.807, 2.05) is 7.05 Å². The molecular formula is C23H30N4. The van der Waals surface area contributed by atoms with E-state index in [-0.39, 0.29) is 0 Å². The second-order valence-electron chi connectivity index (χ2n) is 7.30. The zero-order valence-electron chi connectivity index (χ0n) is 16.3. The first-order valence-corrected chi connectivity index (χ1v) is 9.94. The molecule has 1 fully saturated rings. The van der Waals surface area contributed by atoms with Crippen LogP contribution in [0.4, 0.5) is 5.69 Å². The predicted molar refractivity (Wildman–Crippen MR) is 112 cm³/mol. The van der Waals surface area contributed by atoms with E-state index in [2.05, 4.69) is 75.8 Å². The number of hydrogen-bond donors (Lipinski definition) is 1. The third kappa shape index (κ3) is 5.56. The van der Waals surface area contributed by atoms with Crippen LogP contribution in [0.1, 0.15) is 36.4 Å². The molecule has 4 nitrogen and oxygen atoms in total. The summed E-state index contributed by atoms with van der Waals surface area (Å²) >= 11 is 0. The van der Waals surface area contributed by atoms with Crippen molar-refractivity contribution in [1.29, 1.82) is 5.26 Å². The Morgan fingerprint density at radius 1 is 1.07 bits per heavy atom. The third-order valence-corrected chi connectivity index (χ3v) is 5.37. The van der Waals surface area contributed by atoms with E-state index in [9.17, 15) is 0 Å². The number of benzene rings is 2. The molecule has 1 heterocycles. The largest absolute Gasteiger partial charge is 0.374 e. The minimum absolute atomic E-state index is 0.449. The van der Waals surface area contributed by atoms with Gasteiger partial charge in [0.25, 0.3) is 0 Å². The van der Waals surface area contributed by atoms with Crippen molar-refractivity contribution in [3.8, 4) is 6.07 Å². The molecule has 1 N–H and O–H groups in total. The summed E-state index contributed by atoms with van der Waals surface area (Å²) in [4.78, 5) is 4.73. The highest BCUT2D eigenvalue weighted by Crippen LogP contribution is 2.24. The quantitative estimate of drug-likeness (QED) is 0.733. The number of rotatable bonds is 9. The van der Waals surface area contributed by atoms with E-state index < -0.39 is 0 Å². The first kappa shape index (κ1) is 19.4. The fourth-order valence-electron chi connectivity index (χ4n) is 3.75. The molecule has 3 rings (SSSR count). The number of nitriles is 1. The van der Waals surface area contributed by atoms with E-state index in [1.165, 1.54) is 37.1 Å². The van der Waals surface area contributed by atoms with Gasteiger partial charge in [-0.05, 0) is 49.2 Å². The monoisotopic (exact) mass is 362 g/mol. The average Bonchev–Trinajstić information content (AvgIpc) is 3.25. The van der Waals surface area contributed by atoms with Crippen LogP contribution in [0.2, 0.25) is 0 Å². The van der Waals surface area contributed by atoms with Gasteiger partial charge in [-0.1, -0.05) is 42.5 Å². The van der Waals surface area contributed by atoms with Crippen LogP contribution in [0, 0.1) is 11.3 Å². The van der Waals surface area contributed by atoms with Gasteiger partial charge in [-0.25, -0.2) is 0 Å². The zero-order valence-corrected chi connectivity index (χ0v) is 16.3. The van der Waals surface area contributed by atoms with Gasteiger partial charge in [0.1, 0.15) is 0 Å². The fraction of sp³-hybridized carbons (Fsp3) is 0.435. The van der Waals surface area contributed by atoms with E-state index >= 15 is 0 Å². The lowest BCUT2D eigenvalue weighted by Gasteiger charge is -2.28. The maximum Gasteiger partial charge on any atom is 0.0640 e. The van der Waals surface area contributed by atoms with Gasteiger partial charge in [-0.2, -0.15) is 5.26 Å². The summed E-state index contributed by atoms with van der Waals surface area (Å²) in [6, 6.07) is 22.2. The van der Waals surface area contributed by atoms with E-state index in [1.54, 1.807) is 0 Å². The van der Waals surface area contributed by atoms with Crippen molar-refractivity contribution < 1.29 is 0 Å². The highest BCUT2D eigenvalue weighted by atomic mass is 15.2. The molecule has 1 saturated heterocycles. The summed E-state index contributed by atoms with van der Waals surface area (Å²) in [6.45, 7) is 5.01. The van der Waals surface area contributed by atoms with Gasteiger partial charge in [0.05, 0.1) is 12.5 Å². The number of likely N-dealkylation sites (tertiary alicyclic amines) is 1. The van der Waals surface area contributed by atoms with E-state index in [4.69, 9.17) is 5.26 Å². The van der Waals surface area contributed by atoms with Gasteiger partial charge in [-0.3, -0.25) is 4.90 Å². The van der Waals surface area contributed by atoms with Crippen LogP contribution >= 0.6 is 0 Å². The minimum atomic E-state index is 0.449. The Bertz CT molecular complexity index is 714. The zero-order chi connectivity index (χ0) is 18.9. The number of nitrogens with zero attached hydrogens (tertiary/aromatic N) is 3. The number of nitrogens with one attached hydrogen (secondary N) is 1. The molecule has 142 valence electrons. The SMILES string of the molecule is CN(CCC#N)c1ccc(CNC[C@@H](c2ccccc2)N2CCCC2)cc1. The van der Waals surface area contributed by atoms with Crippen LogP contribution in [0.25, 0.3) is 0 Å². The van der Waals surface area contributed by atoms with Crippen LogP contribution in [0.3, 0.4) is 0 Å². The highest BCUT2D eigenvalue weighted by molar-refractivity contribution is 5.46. The Labute approximate surface area is 163 Å². The Morgan fingerprint density at radius 2 is 1.78 bits per heavy atom. The molecule has 4 heteroatoms. The minimum Gasteiger partial charge on any atom is -0.374 e. The normalized spacial score (nSPS) is 15.4. The van der Waals surface area contributed by atoms with E-state index in [0.29, 0.717) is 12.5 Å². The molecule has 2 aromatic rings. The maximum absolute atomic E-state index is 8.72. The summed E-state index contributed by atoms with van der Waals surface area (Å²) in [6.07, 6.45) is 3.17. The van der Waals surface area contributed by atoms with Crippen LogP contribution in [0.15, 0.2) is 54.6 Å². The van der Waals surface area contributed by atoms with Gasteiger partial charge in [0, 0.05) is 38.4 Å². The lowest BCUT2D eigenvalue weighted by Crippen LogP contribution is -2.34. The molecule has 0 radical (unpaired) electrons. The summed E-state index contributed by atoms with van der Waals surface area (Å²) in [5.74, 6) is 0. The van der Waals surface area contributed by atoms with Crippen molar-refractivity contribution >= 4 is 5.69 Å². The molecule has 0 saturated carbocycles. The molecule has 0 amide bonds. The summed E-state index contributed by atoms with van der Waals surface area (Å²) in [5, 5.41) is 12.4. The Hall–Kier alpha value is -2.35. The van der Waals surface area contributed by atoms with Crippen molar-refractivity contribution in [3.05, 3.63) is 65.7 Å². The molecule has 1 aliphatic heterocycles. The topological polar surface area (TPSA) is 42.3 Å². The smallest absolute Gasteiger partial charge is 0.0640 e. The predicted octanol–water partition coefficient (Wildman–Crippen LogP) is 3.96. The van der Waals surface area contributed by atoms with Gasteiger partial charge in [0.2, 0.25) is 0 Å². The molecular weight excluding hydrogens is 332 g/mol. The molecule has 0 bridgehead atoms. The lowest BCUT2D eigenvalue weighted by atomic mass is 10.1. The Morgan fingerprint density at radius 3 is 2.44 bits per heavy atom. The van der Waals surface area contributed by atoms with Crippen molar-refractivity contribution in [1.82, 2.24) is 10.2 Å². The summed E-state index contributed by atoms with van der Waals surface area (Å²) < 4.78 is 0. The number of anilines is 1. The van der Waals surface area contributed by atoms with Gasteiger partial charge in [0.15, 0.2) is 0 Å². The standard InChI is InChI=1S/C23H30N4/c1-26(15-7-14-24)22-12-10-20(11-13-22)18-25-19-23(27-16-5-6-17-27)21-8-3-2-4-9-21/h2-4,8-13,23,25H,5-7,15-19H2,1H3/t23-/m0/s1. The molecule has 0 unspecified atom stereocenters. The molecule has 1 aliphatic rings. The molecule has 0 spiro atoms. The average molecular weight is 363 g/mol. The van der Waals surface area contributed by atoms with Crippen LogP contribution in [0.5, 0.6) is 0 Å². The van der Waals surface area contributed by atoms with Gasteiger partial charge in [-0.15, -0.1) is 0 Å². The van der Waals surface area contributed by atoms with Gasteiger partial charge < -0.3 is 10.2 Å². The second-order valence-corrected chi connectivity index (χ2v) is 7.30.